The SMILES string of the molecule is CCC(C)C1COC(=O)N1C1CCN(C(=O)CSc2ccc(F)cc2)CC1. The molecule has 2 aliphatic heterocycles. The van der Waals surface area contributed by atoms with Gasteiger partial charge in [0.15, 0.2) is 0 Å². The van der Waals surface area contributed by atoms with Gasteiger partial charge in [0.2, 0.25) is 5.91 Å². The van der Waals surface area contributed by atoms with Crippen LogP contribution in [0.25, 0.3) is 0 Å². The number of rotatable bonds is 6. The van der Waals surface area contributed by atoms with Crippen LogP contribution in [-0.2, 0) is 9.53 Å². The second kappa shape index (κ2) is 8.95. The number of carbonyl (C=O) groups is 2. The van der Waals surface area contributed by atoms with Crippen LogP contribution in [0.1, 0.15) is 33.1 Å². The summed E-state index contributed by atoms with van der Waals surface area (Å²) in [6, 6.07) is 6.47. The van der Waals surface area contributed by atoms with E-state index in [-0.39, 0.29) is 29.9 Å². The van der Waals surface area contributed by atoms with Crippen molar-refractivity contribution in [2.45, 2.75) is 50.1 Å². The first kappa shape index (κ1) is 20.0. The lowest BCUT2D eigenvalue weighted by Gasteiger charge is -2.39. The minimum atomic E-state index is -0.274. The molecule has 148 valence electrons. The number of carbonyl (C=O) groups excluding carboxylic acids is 2. The number of hydrogen-bond acceptors (Lipinski definition) is 4. The topological polar surface area (TPSA) is 49.9 Å². The fourth-order valence-electron chi connectivity index (χ4n) is 3.74. The number of halogens is 1. The molecule has 0 aliphatic carbocycles. The summed E-state index contributed by atoms with van der Waals surface area (Å²) in [6.45, 7) is 6.08. The molecule has 0 radical (unpaired) electrons. The fraction of sp³-hybridized carbons (Fsp3) is 0.600. The number of benzene rings is 1. The Morgan fingerprint density at radius 3 is 2.59 bits per heavy atom. The van der Waals surface area contributed by atoms with Crippen molar-refractivity contribution in [2.24, 2.45) is 5.92 Å². The molecule has 0 bridgehead atoms. The number of amides is 2. The quantitative estimate of drug-likeness (QED) is 0.689. The maximum Gasteiger partial charge on any atom is 0.410 e. The summed E-state index contributed by atoms with van der Waals surface area (Å²) >= 11 is 1.42. The molecule has 2 amide bonds. The van der Waals surface area contributed by atoms with Crippen LogP contribution in [0.15, 0.2) is 29.2 Å². The summed E-state index contributed by atoms with van der Waals surface area (Å²) in [5.41, 5.74) is 0. The van der Waals surface area contributed by atoms with Crippen molar-refractivity contribution >= 4 is 23.8 Å². The third kappa shape index (κ3) is 4.75. The first-order valence-corrected chi connectivity index (χ1v) is 10.6. The molecule has 2 unspecified atom stereocenters. The van der Waals surface area contributed by atoms with Crippen molar-refractivity contribution in [3.05, 3.63) is 30.1 Å². The largest absolute Gasteiger partial charge is 0.447 e. The molecular weight excluding hydrogens is 367 g/mol. The monoisotopic (exact) mass is 394 g/mol. The molecule has 0 saturated carbocycles. The van der Waals surface area contributed by atoms with Gasteiger partial charge >= 0.3 is 6.09 Å². The first-order valence-electron chi connectivity index (χ1n) is 9.60. The highest BCUT2D eigenvalue weighted by Gasteiger charge is 2.41. The van der Waals surface area contributed by atoms with Crippen LogP contribution in [0.3, 0.4) is 0 Å². The molecule has 2 fully saturated rings. The zero-order valence-corrected chi connectivity index (χ0v) is 16.7. The van der Waals surface area contributed by atoms with Gasteiger partial charge in [-0.15, -0.1) is 11.8 Å². The van der Waals surface area contributed by atoms with E-state index in [1.165, 1.54) is 23.9 Å². The minimum Gasteiger partial charge on any atom is -0.447 e. The highest BCUT2D eigenvalue weighted by Crippen LogP contribution is 2.29. The molecule has 5 nitrogen and oxygen atoms in total. The Bertz CT molecular complexity index is 662. The maximum atomic E-state index is 12.9. The Kier molecular flexibility index (Phi) is 6.63. The minimum absolute atomic E-state index is 0.0882. The smallest absolute Gasteiger partial charge is 0.410 e. The van der Waals surface area contributed by atoms with Crippen LogP contribution in [0.2, 0.25) is 0 Å². The number of likely N-dealkylation sites (tertiary alicyclic amines) is 1. The van der Waals surface area contributed by atoms with E-state index in [0.717, 1.165) is 24.2 Å². The van der Waals surface area contributed by atoms with Gasteiger partial charge in [0, 0.05) is 24.0 Å². The van der Waals surface area contributed by atoms with Crippen LogP contribution >= 0.6 is 11.8 Å². The van der Waals surface area contributed by atoms with Gasteiger partial charge in [-0.1, -0.05) is 20.3 Å². The summed E-state index contributed by atoms with van der Waals surface area (Å²) < 4.78 is 18.2. The van der Waals surface area contributed by atoms with E-state index < -0.39 is 0 Å². The van der Waals surface area contributed by atoms with Crippen LogP contribution in [0.4, 0.5) is 9.18 Å². The van der Waals surface area contributed by atoms with Crippen molar-refractivity contribution in [3.8, 4) is 0 Å². The Morgan fingerprint density at radius 2 is 1.96 bits per heavy atom. The van der Waals surface area contributed by atoms with Gasteiger partial charge in [0.1, 0.15) is 12.4 Å². The third-order valence-corrected chi connectivity index (χ3v) is 6.63. The van der Waals surface area contributed by atoms with Gasteiger partial charge in [0.25, 0.3) is 0 Å². The lowest BCUT2D eigenvalue weighted by Crippen LogP contribution is -2.51. The molecule has 0 N–H and O–H groups in total. The molecule has 2 aliphatic rings. The number of ether oxygens (including phenoxy) is 1. The standard InChI is InChI=1S/C20H27FN2O3S/c1-3-14(2)18-12-26-20(25)23(18)16-8-10-22(11-9-16)19(24)13-27-17-6-4-15(21)5-7-17/h4-7,14,16,18H,3,8-13H2,1-2H3. The molecule has 3 rings (SSSR count). The second-order valence-corrected chi connectivity index (χ2v) is 8.34. The number of thioether (sulfide) groups is 1. The molecule has 27 heavy (non-hydrogen) atoms. The number of nitrogens with zero attached hydrogens (tertiary/aromatic N) is 2. The van der Waals surface area contributed by atoms with E-state index in [4.69, 9.17) is 4.74 Å². The zero-order chi connectivity index (χ0) is 19.4. The Morgan fingerprint density at radius 1 is 1.30 bits per heavy atom. The van der Waals surface area contributed by atoms with Crippen molar-refractivity contribution < 1.29 is 18.7 Å². The molecule has 2 saturated heterocycles. The first-order chi connectivity index (χ1) is 13.0. The summed E-state index contributed by atoms with van der Waals surface area (Å²) in [4.78, 5) is 29.3. The normalized spacial score (nSPS) is 22.0. The Labute approximate surface area is 164 Å². The van der Waals surface area contributed by atoms with Gasteiger partial charge in [-0.05, 0) is 43.0 Å². The van der Waals surface area contributed by atoms with Crippen molar-refractivity contribution in [1.29, 1.82) is 0 Å². The Balaban J connectivity index is 1.49. The van der Waals surface area contributed by atoms with Crippen molar-refractivity contribution in [1.82, 2.24) is 9.80 Å². The lowest BCUT2D eigenvalue weighted by atomic mass is 9.95. The van der Waals surface area contributed by atoms with E-state index in [2.05, 4.69) is 13.8 Å². The van der Waals surface area contributed by atoms with Gasteiger partial charge < -0.3 is 9.64 Å². The molecule has 0 spiro atoms. The van der Waals surface area contributed by atoms with Crippen molar-refractivity contribution in [2.75, 3.05) is 25.4 Å². The number of cyclic esters (lactones) is 1. The van der Waals surface area contributed by atoms with E-state index in [9.17, 15) is 14.0 Å². The van der Waals surface area contributed by atoms with Crippen LogP contribution in [0, 0.1) is 11.7 Å². The predicted molar refractivity (Wildman–Crippen MR) is 103 cm³/mol. The lowest BCUT2D eigenvalue weighted by molar-refractivity contribution is -0.129. The second-order valence-electron chi connectivity index (χ2n) is 7.29. The number of hydrogen-bond donors (Lipinski definition) is 0. The highest BCUT2D eigenvalue weighted by molar-refractivity contribution is 8.00. The Hall–Kier alpha value is -1.76. The zero-order valence-electron chi connectivity index (χ0n) is 15.9. The van der Waals surface area contributed by atoms with Gasteiger partial charge in [-0.3, -0.25) is 9.69 Å². The summed E-state index contributed by atoms with van der Waals surface area (Å²) in [5, 5.41) is 0. The molecule has 2 heterocycles. The van der Waals surface area contributed by atoms with Crippen LogP contribution in [0.5, 0.6) is 0 Å². The third-order valence-electron chi connectivity index (χ3n) is 5.63. The predicted octanol–water partition coefficient (Wildman–Crippen LogP) is 3.78. The van der Waals surface area contributed by atoms with Gasteiger partial charge in [-0.25, -0.2) is 9.18 Å². The fourth-order valence-corrected chi connectivity index (χ4v) is 4.54. The van der Waals surface area contributed by atoms with Gasteiger partial charge in [-0.2, -0.15) is 0 Å². The van der Waals surface area contributed by atoms with E-state index >= 15 is 0 Å². The molecular formula is C20H27FN2O3S. The van der Waals surface area contributed by atoms with Gasteiger partial charge in [0.05, 0.1) is 11.8 Å². The van der Waals surface area contributed by atoms with E-state index in [0.29, 0.717) is 31.4 Å². The van der Waals surface area contributed by atoms with E-state index in [1.54, 1.807) is 12.1 Å². The van der Waals surface area contributed by atoms with Crippen molar-refractivity contribution in [3.63, 3.8) is 0 Å². The molecule has 2 atom stereocenters. The molecule has 7 heteroatoms. The summed E-state index contributed by atoms with van der Waals surface area (Å²) in [7, 11) is 0. The van der Waals surface area contributed by atoms with Crippen LogP contribution in [-0.4, -0.2) is 59.3 Å². The highest BCUT2D eigenvalue weighted by atomic mass is 32.2. The summed E-state index contributed by atoms with van der Waals surface area (Å²) in [6.07, 6.45) is 2.37. The van der Waals surface area contributed by atoms with Crippen LogP contribution < -0.4 is 0 Å². The summed E-state index contributed by atoms with van der Waals surface area (Å²) in [5.74, 6) is 0.565. The molecule has 1 aromatic rings. The van der Waals surface area contributed by atoms with E-state index in [1.807, 2.05) is 9.80 Å². The average Bonchev–Trinajstić information content (AvgIpc) is 3.08. The molecule has 0 aromatic heterocycles. The molecule has 1 aromatic carbocycles. The average molecular weight is 395 g/mol. The maximum absolute atomic E-state index is 12.9. The number of piperidine rings is 1.